The molecule has 1 amide bonds. The Hall–Kier alpha value is -1.14. The molecule has 0 aliphatic carbocycles. The van der Waals surface area contributed by atoms with E-state index in [1.54, 1.807) is 7.11 Å². The lowest BCUT2D eigenvalue weighted by molar-refractivity contribution is -0.141. The van der Waals surface area contributed by atoms with Crippen molar-refractivity contribution in [3.05, 3.63) is 0 Å². The average Bonchev–Trinajstić information content (AvgIpc) is 2.66. The Kier molecular flexibility index (Phi) is 5.21. The maximum Gasteiger partial charge on any atom is 0.307 e. The lowest BCUT2D eigenvalue weighted by Crippen LogP contribution is -2.37. The first-order chi connectivity index (χ1) is 7.63. The van der Waals surface area contributed by atoms with Crippen LogP contribution >= 0.6 is 0 Å². The molecule has 1 rings (SSSR count). The Morgan fingerprint density at radius 3 is 2.88 bits per heavy atom. The van der Waals surface area contributed by atoms with E-state index in [0.29, 0.717) is 32.7 Å². The van der Waals surface area contributed by atoms with Gasteiger partial charge >= 0.3 is 5.97 Å². The van der Waals surface area contributed by atoms with Crippen molar-refractivity contribution in [2.75, 3.05) is 39.9 Å². The number of nitrogens with zero attached hydrogens (tertiary/aromatic N) is 1. The zero-order valence-corrected chi connectivity index (χ0v) is 9.44. The molecule has 1 atom stereocenters. The van der Waals surface area contributed by atoms with Gasteiger partial charge in [0.25, 0.3) is 0 Å². The SMILES string of the molecule is COCCNC(=O)CN1CC[C@@H](C(=O)O)C1. The highest BCUT2D eigenvalue weighted by Gasteiger charge is 2.28. The molecular formula is C10H18N2O4. The number of ether oxygens (including phenoxy) is 1. The summed E-state index contributed by atoms with van der Waals surface area (Å²) in [6, 6.07) is 0. The fourth-order valence-corrected chi connectivity index (χ4v) is 1.73. The molecular weight excluding hydrogens is 212 g/mol. The molecule has 0 aromatic rings. The lowest BCUT2D eigenvalue weighted by Gasteiger charge is -2.14. The Labute approximate surface area is 94.6 Å². The van der Waals surface area contributed by atoms with Gasteiger partial charge in [0, 0.05) is 20.2 Å². The van der Waals surface area contributed by atoms with Crippen molar-refractivity contribution in [3.63, 3.8) is 0 Å². The summed E-state index contributed by atoms with van der Waals surface area (Å²) in [5.74, 6) is -1.18. The maximum atomic E-state index is 11.4. The van der Waals surface area contributed by atoms with E-state index in [0.717, 1.165) is 0 Å². The zero-order chi connectivity index (χ0) is 12.0. The summed E-state index contributed by atoms with van der Waals surface area (Å²) in [6.45, 7) is 2.39. The van der Waals surface area contributed by atoms with Crippen molar-refractivity contribution in [1.29, 1.82) is 0 Å². The summed E-state index contributed by atoms with van der Waals surface area (Å²) in [7, 11) is 1.57. The number of hydrogen-bond donors (Lipinski definition) is 2. The molecule has 16 heavy (non-hydrogen) atoms. The van der Waals surface area contributed by atoms with Gasteiger partial charge in [0.15, 0.2) is 0 Å². The summed E-state index contributed by atoms with van der Waals surface area (Å²) >= 11 is 0. The normalized spacial score (nSPS) is 20.9. The predicted octanol–water partition coefficient (Wildman–Crippen LogP) is -0.844. The molecule has 0 aromatic carbocycles. The molecule has 6 heteroatoms. The predicted molar refractivity (Wildman–Crippen MR) is 57.1 cm³/mol. The van der Waals surface area contributed by atoms with E-state index in [-0.39, 0.29) is 18.4 Å². The number of hydrogen-bond acceptors (Lipinski definition) is 4. The van der Waals surface area contributed by atoms with E-state index in [9.17, 15) is 9.59 Å². The number of amides is 1. The molecule has 1 fully saturated rings. The van der Waals surface area contributed by atoms with Crippen LogP contribution in [0, 0.1) is 5.92 Å². The number of carbonyl (C=O) groups is 2. The topological polar surface area (TPSA) is 78.9 Å². The molecule has 0 radical (unpaired) electrons. The highest BCUT2D eigenvalue weighted by Crippen LogP contribution is 2.15. The fourth-order valence-electron chi connectivity index (χ4n) is 1.73. The molecule has 1 saturated heterocycles. The van der Waals surface area contributed by atoms with Crippen molar-refractivity contribution in [2.24, 2.45) is 5.92 Å². The van der Waals surface area contributed by atoms with E-state index >= 15 is 0 Å². The molecule has 92 valence electrons. The van der Waals surface area contributed by atoms with Crippen molar-refractivity contribution in [2.45, 2.75) is 6.42 Å². The van der Waals surface area contributed by atoms with Crippen LogP contribution in [0.15, 0.2) is 0 Å². The van der Waals surface area contributed by atoms with Gasteiger partial charge in [0.2, 0.25) is 5.91 Å². The minimum absolute atomic E-state index is 0.0805. The van der Waals surface area contributed by atoms with Gasteiger partial charge in [0.05, 0.1) is 19.1 Å². The van der Waals surface area contributed by atoms with Crippen LogP contribution in [0.4, 0.5) is 0 Å². The molecule has 2 N–H and O–H groups in total. The van der Waals surface area contributed by atoms with Crippen LogP contribution in [-0.2, 0) is 14.3 Å². The Morgan fingerprint density at radius 1 is 1.56 bits per heavy atom. The monoisotopic (exact) mass is 230 g/mol. The van der Waals surface area contributed by atoms with Gasteiger partial charge < -0.3 is 15.2 Å². The van der Waals surface area contributed by atoms with E-state index in [1.807, 2.05) is 4.90 Å². The number of carbonyl (C=O) groups excluding carboxylic acids is 1. The van der Waals surface area contributed by atoms with Gasteiger partial charge in [-0.05, 0) is 13.0 Å². The van der Waals surface area contributed by atoms with Crippen molar-refractivity contribution in [1.82, 2.24) is 10.2 Å². The number of carboxylic acid groups (broad SMARTS) is 1. The number of methoxy groups -OCH3 is 1. The summed E-state index contributed by atoms with van der Waals surface area (Å²) < 4.78 is 4.80. The van der Waals surface area contributed by atoms with Gasteiger partial charge in [-0.2, -0.15) is 0 Å². The van der Waals surface area contributed by atoms with Crippen LogP contribution in [0.25, 0.3) is 0 Å². The van der Waals surface area contributed by atoms with Gasteiger partial charge in [-0.25, -0.2) is 0 Å². The van der Waals surface area contributed by atoms with Crippen LogP contribution in [0.1, 0.15) is 6.42 Å². The number of rotatable bonds is 6. The van der Waals surface area contributed by atoms with E-state index in [1.165, 1.54) is 0 Å². The van der Waals surface area contributed by atoms with Crippen LogP contribution in [-0.4, -0.2) is 61.8 Å². The first-order valence-electron chi connectivity index (χ1n) is 5.34. The minimum Gasteiger partial charge on any atom is -0.481 e. The third-order valence-corrected chi connectivity index (χ3v) is 2.62. The fraction of sp³-hybridized carbons (Fsp3) is 0.800. The summed E-state index contributed by atoms with van der Waals surface area (Å²) in [5.41, 5.74) is 0. The first-order valence-corrected chi connectivity index (χ1v) is 5.34. The number of nitrogens with one attached hydrogen (secondary N) is 1. The molecule has 1 heterocycles. The largest absolute Gasteiger partial charge is 0.481 e. The second kappa shape index (κ2) is 6.44. The second-order valence-corrected chi connectivity index (χ2v) is 3.90. The van der Waals surface area contributed by atoms with Crippen LogP contribution < -0.4 is 5.32 Å². The summed E-state index contributed by atoms with van der Waals surface area (Å²) in [4.78, 5) is 24.0. The van der Waals surface area contributed by atoms with Gasteiger partial charge in [-0.3, -0.25) is 14.5 Å². The molecule has 0 bridgehead atoms. The van der Waals surface area contributed by atoms with Gasteiger partial charge in [-0.1, -0.05) is 0 Å². The number of likely N-dealkylation sites (tertiary alicyclic amines) is 1. The number of carboxylic acids is 1. The van der Waals surface area contributed by atoms with Gasteiger partial charge in [0.1, 0.15) is 0 Å². The second-order valence-electron chi connectivity index (χ2n) is 3.90. The molecule has 0 aromatic heterocycles. The summed E-state index contributed by atoms with van der Waals surface area (Å²) in [6.07, 6.45) is 0.626. The standard InChI is InChI=1S/C10H18N2O4/c1-16-5-3-11-9(13)7-12-4-2-8(6-12)10(14)15/h8H,2-7H2,1H3,(H,11,13)(H,14,15)/t8-/m1/s1. The molecule has 1 aliphatic rings. The number of aliphatic carboxylic acids is 1. The molecule has 0 saturated carbocycles. The molecule has 6 nitrogen and oxygen atoms in total. The highest BCUT2D eigenvalue weighted by atomic mass is 16.5. The Morgan fingerprint density at radius 2 is 2.31 bits per heavy atom. The highest BCUT2D eigenvalue weighted by molar-refractivity contribution is 5.78. The van der Waals surface area contributed by atoms with Crippen molar-refractivity contribution < 1.29 is 19.4 Å². The lowest BCUT2D eigenvalue weighted by atomic mass is 10.1. The molecule has 0 spiro atoms. The van der Waals surface area contributed by atoms with E-state index in [2.05, 4.69) is 5.32 Å². The Balaban J connectivity index is 2.18. The maximum absolute atomic E-state index is 11.4. The van der Waals surface area contributed by atoms with E-state index in [4.69, 9.17) is 9.84 Å². The minimum atomic E-state index is -0.776. The first kappa shape index (κ1) is 12.9. The average molecular weight is 230 g/mol. The third-order valence-electron chi connectivity index (χ3n) is 2.62. The van der Waals surface area contributed by atoms with Crippen LogP contribution in [0.5, 0.6) is 0 Å². The smallest absolute Gasteiger partial charge is 0.307 e. The van der Waals surface area contributed by atoms with Crippen molar-refractivity contribution >= 4 is 11.9 Å². The quantitative estimate of drug-likeness (QED) is 0.581. The third kappa shape index (κ3) is 4.16. The Bertz CT molecular complexity index is 257. The van der Waals surface area contributed by atoms with E-state index < -0.39 is 5.97 Å². The van der Waals surface area contributed by atoms with Crippen LogP contribution in [0.2, 0.25) is 0 Å². The van der Waals surface area contributed by atoms with Gasteiger partial charge in [-0.15, -0.1) is 0 Å². The van der Waals surface area contributed by atoms with Crippen molar-refractivity contribution in [3.8, 4) is 0 Å². The molecule has 1 aliphatic heterocycles. The molecule has 0 unspecified atom stereocenters. The van der Waals surface area contributed by atoms with Crippen LogP contribution in [0.3, 0.4) is 0 Å². The zero-order valence-electron chi connectivity index (χ0n) is 9.44. The summed E-state index contributed by atoms with van der Waals surface area (Å²) in [5, 5.41) is 11.5.